The highest BCUT2D eigenvalue weighted by molar-refractivity contribution is 7.90. The summed E-state index contributed by atoms with van der Waals surface area (Å²) in [5.74, 6) is -0.0983. The van der Waals surface area contributed by atoms with Crippen LogP contribution in [0, 0.1) is 5.92 Å². The van der Waals surface area contributed by atoms with Gasteiger partial charge in [0.1, 0.15) is 11.9 Å². The van der Waals surface area contributed by atoms with Crippen LogP contribution in [0.1, 0.15) is 38.5 Å². The predicted molar refractivity (Wildman–Crippen MR) is 139 cm³/mol. The molecule has 1 saturated carbocycles. The Morgan fingerprint density at radius 3 is 2.09 bits per heavy atom. The lowest BCUT2D eigenvalue weighted by molar-refractivity contribution is -0.124. The van der Waals surface area contributed by atoms with Crippen LogP contribution >= 0.6 is 46.4 Å². The zero-order valence-electron chi connectivity index (χ0n) is 18.9. The van der Waals surface area contributed by atoms with E-state index in [1.165, 1.54) is 18.2 Å². The average molecular weight is 580 g/mol. The second-order valence-electron chi connectivity index (χ2n) is 9.01. The maximum atomic E-state index is 12.7. The molecule has 0 bridgehead atoms. The predicted octanol–water partition coefficient (Wildman–Crippen LogP) is 6.21. The number of likely N-dealkylation sites (tertiary alicyclic amines) is 1. The summed E-state index contributed by atoms with van der Waals surface area (Å²) in [7, 11) is -4.03. The van der Waals surface area contributed by atoms with Gasteiger partial charge in [0, 0.05) is 41.2 Å². The summed E-state index contributed by atoms with van der Waals surface area (Å²) in [4.78, 5) is 15.0. The fourth-order valence-corrected chi connectivity index (χ4v) is 6.82. The lowest BCUT2D eigenvalue weighted by Crippen LogP contribution is -2.46. The molecule has 4 rings (SSSR count). The van der Waals surface area contributed by atoms with Gasteiger partial charge in [-0.15, -0.1) is 0 Å². The summed E-state index contributed by atoms with van der Waals surface area (Å²) in [5.41, 5.74) is 0. The van der Waals surface area contributed by atoms with Gasteiger partial charge in [0.15, 0.2) is 0 Å². The third-order valence-corrected chi connectivity index (χ3v) is 9.14. The number of nitrogens with zero attached hydrogens (tertiary/aromatic N) is 1. The second kappa shape index (κ2) is 11.4. The first-order valence-electron chi connectivity index (χ1n) is 11.5. The first-order valence-corrected chi connectivity index (χ1v) is 14.5. The smallest absolute Gasteiger partial charge is 0.264 e. The number of halogens is 4. The van der Waals surface area contributed by atoms with Gasteiger partial charge < -0.3 is 9.64 Å². The fraction of sp³-hybridized carbons (Fsp3) is 0.458. The molecule has 0 unspecified atom stereocenters. The van der Waals surface area contributed by atoms with Crippen LogP contribution in [0.4, 0.5) is 0 Å². The third kappa shape index (κ3) is 6.96. The standard InChI is InChI=1S/C24H26Cl4N2O4S/c25-16-11-17(26)13-21(12-16)35(32,33)29-24(31)15-1-3-18(4-2-15)30-9-7-19(8-10-30)34-20-5-6-22(27)23(28)14-20/h5-6,11-15,18-19H,1-4,7-10H2,(H,29,31). The van der Waals surface area contributed by atoms with E-state index in [1.54, 1.807) is 12.1 Å². The molecule has 2 aromatic carbocycles. The van der Waals surface area contributed by atoms with Crippen molar-refractivity contribution in [3.63, 3.8) is 0 Å². The highest BCUT2D eigenvalue weighted by atomic mass is 35.5. The summed E-state index contributed by atoms with van der Waals surface area (Å²) in [6.45, 7) is 1.83. The molecule has 1 N–H and O–H groups in total. The summed E-state index contributed by atoms with van der Waals surface area (Å²) in [6.07, 6.45) is 4.90. The minimum absolute atomic E-state index is 0.121. The molecule has 2 aromatic rings. The van der Waals surface area contributed by atoms with Gasteiger partial charge in [0.25, 0.3) is 10.0 Å². The van der Waals surface area contributed by atoms with Crippen LogP contribution in [0.3, 0.4) is 0 Å². The molecule has 2 aliphatic rings. The molecule has 1 aliphatic heterocycles. The minimum Gasteiger partial charge on any atom is -0.490 e. The van der Waals surface area contributed by atoms with E-state index in [-0.39, 0.29) is 27.0 Å². The number of carbonyl (C=O) groups is 1. The molecule has 6 nitrogen and oxygen atoms in total. The summed E-state index contributed by atoms with van der Waals surface area (Å²) in [5, 5.41) is 1.37. The highest BCUT2D eigenvalue weighted by Crippen LogP contribution is 2.32. The van der Waals surface area contributed by atoms with Crippen molar-refractivity contribution >= 4 is 62.3 Å². The van der Waals surface area contributed by atoms with Gasteiger partial charge in [0.05, 0.1) is 14.9 Å². The molecule has 0 spiro atoms. The van der Waals surface area contributed by atoms with Crippen molar-refractivity contribution in [2.75, 3.05) is 13.1 Å². The number of carbonyl (C=O) groups excluding carboxylic acids is 1. The largest absolute Gasteiger partial charge is 0.490 e. The first kappa shape index (κ1) is 26.8. The minimum atomic E-state index is -4.03. The number of hydrogen-bond donors (Lipinski definition) is 1. The van der Waals surface area contributed by atoms with E-state index in [1.807, 2.05) is 6.07 Å². The molecule has 2 fully saturated rings. The van der Waals surface area contributed by atoms with Crippen molar-refractivity contribution in [3.8, 4) is 5.75 Å². The van der Waals surface area contributed by atoms with Gasteiger partial charge in [-0.2, -0.15) is 0 Å². The van der Waals surface area contributed by atoms with E-state index in [0.717, 1.165) is 44.5 Å². The molecule has 1 amide bonds. The first-order chi connectivity index (χ1) is 16.6. The molecular weight excluding hydrogens is 554 g/mol. The Bertz CT molecular complexity index is 1160. The Morgan fingerprint density at radius 2 is 1.49 bits per heavy atom. The third-order valence-electron chi connectivity index (χ3n) is 6.64. The normalized spacial score (nSPS) is 22.1. The van der Waals surface area contributed by atoms with Gasteiger partial charge in [-0.1, -0.05) is 46.4 Å². The maximum Gasteiger partial charge on any atom is 0.264 e. The molecule has 0 atom stereocenters. The Hall–Kier alpha value is -1.22. The molecule has 1 aliphatic carbocycles. The van der Waals surface area contributed by atoms with E-state index in [4.69, 9.17) is 51.1 Å². The molecule has 11 heteroatoms. The van der Waals surface area contributed by atoms with Crippen molar-refractivity contribution in [1.29, 1.82) is 0 Å². The van der Waals surface area contributed by atoms with E-state index in [0.29, 0.717) is 28.9 Å². The lowest BCUT2D eigenvalue weighted by atomic mass is 9.84. The Labute approximate surface area is 225 Å². The number of amides is 1. The van der Waals surface area contributed by atoms with Crippen molar-refractivity contribution < 1.29 is 17.9 Å². The Balaban J connectivity index is 1.24. The number of rotatable bonds is 6. The average Bonchev–Trinajstić information content (AvgIpc) is 2.81. The lowest BCUT2D eigenvalue weighted by Gasteiger charge is -2.40. The molecule has 1 saturated heterocycles. The van der Waals surface area contributed by atoms with Crippen LogP contribution < -0.4 is 9.46 Å². The maximum absolute atomic E-state index is 12.7. The number of nitrogens with one attached hydrogen (secondary N) is 1. The van der Waals surface area contributed by atoms with Crippen molar-refractivity contribution in [2.24, 2.45) is 5.92 Å². The van der Waals surface area contributed by atoms with Crippen molar-refractivity contribution in [2.45, 2.75) is 55.6 Å². The van der Waals surface area contributed by atoms with Crippen molar-refractivity contribution in [3.05, 3.63) is 56.5 Å². The SMILES string of the molecule is O=C(NS(=O)(=O)c1cc(Cl)cc(Cl)c1)C1CCC(N2CCC(Oc3ccc(Cl)c(Cl)c3)CC2)CC1. The van der Waals surface area contributed by atoms with Crippen molar-refractivity contribution in [1.82, 2.24) is 9.62 Å². The molecule has 35 heavy (non-hydrogen) atoms. The van der Waals surface area contributed by atoms with Crippen LogP contribution in [0.25, 0.3) is 0 Å². The van der Waals surface area contributed by atoms with Crippen LogP contribution in [0.15, 0.2) is 41.3 Å². The number of ether oxygens (including phenoxy) is 1. The molecule has 0 radical (unpaired) electrons. The van der Waals surface area contributed by atoms with Gasteiger partial charge in [0.2, 0.25) is 5.91 Å². The topological polar surface area (TPSA) is 75.7 Å². The second-order valence-corrected chi connectivity index (χ2v) is 12.4. The van der Waals surface area contributed by atoms with Gasteiger partial charge in [-0.25, -0.2) is 13.1 Å². The van der Waals surface area contributed by atoms with Gasteiger partial charge >= 0.3 is 0 Å². The quantitative estimate of drug-likeness (QED) is 0.440. The Kier molecular flexibility index (Phi) is 8.78. The summed E-state index contributed by atoms with van der Waals surface area (Å²) < 4.78 is 33.5. The number of hydrogen-bond acceptors (Lipinski definition) is 5. The number of sulfonamides is 1. The highest BCUT2D eigenvalue weighted by Gasteiger charge is 2.33. The van der Waals surface area contributed by atoms with E-state index in [9.17, 15) is 13.2 Å². The molecule has 1 heterocycles. The van der Waals surface area contributed by atoms with Crippen LogP contribution in [-0.4, -0.2) is 44.5 Å². The Morgan fingerprint density at radius 1 is 0.857 bits per heavy atom. The summed E-state index contributed by atoms with van der Waals surface area (Å²) in [6, 6.07) is 9.67. The molecular formula is C24H26Cl4N2O4S. The van der Waals surface area contributed by atoms with Crippen LogP contribution in [0.2, 0.25) is 20.1 Å². The van der Waals surface area contributed by atoms with E-state index in [2.05, 4.69) is 9.62 Å². The van der Waals surface area contributed by atoms with E-state index >= 15 is 0 Å². The monoisotopic (exact) mass is 578 g/mol. The molecule has 0 aromatic heterocycles. The van der Waals surface area contributed by atoms with Gasteiger partial charge in [-0.05, 0) is 68.9 Å². The zero-order chi connectivity index (χ0) is 25.2. The van der Waals surface area contributed by atoms with Crippen LogP contribution in [-0.2, 0) is 14.8 Å². The zero-order valence-corrected chi connectivity index (χ0v) is 22.7. The number of benzene rings is 2. The number of piperidine rings is 1. The molecule has 190 valence electrons. The fourth-order valence-electron chi connectivity index (χ4n) is 4.76. The van der Waals surface area contributed by atoms with E-state index < -0.39 is 15.9 Å². The van der Waals surface area contributed by atoms with Gasteiger partial charge in [-0.3, -0.25) is 4.79 Å². The van der Waals surface area contributed by atoms with Crippen LogP contribution in [0.5, 0.6) is 5.75 Å². The summed E-state index contributed by atoms with van der Waals surface area (Å²) >= 11 is 23.9.